The van der Waals surface area contributed by atoms with E-state index < -0.39 is 0 Å². The molecule has 0 amide bonds. The topological polar surface area (TPSA) is 15.3 Å². The second-order valence-electron chi connectivity index (χ2n) is 5.12. The average molecular weight is 250 g/mol. The molecule has 1 heterocycles. The Balaban J connectivity index is 1.70. The lowest BCUT2D eigenvalue weighted by Gasteiger charge is -2.16. The molecular weight excluding hydrogens is 227 g/mol. The van der Waals surface area contributed by atoms with Gasteiger partial charge in [0, 0.05) is 19.1 Å². The standard InChI is InChI=1S/C15H23FN2/c1-2-9-17-15-8-11-18(12-15)10-7-13-3-5-14(16)6-4-13/h3-6,15,17H,2,7-12H2,1H3. The van der Waals surface area contributed by atoms with Gasteiger partial charge in [0.2, 0.25) is 0 Å². The zero-order chi connectivity index (χ0) is 12.8. The fourth-order valence-electron chi connectivity index (χ4n) is 2.49. The Morgan fingerprint density at radius 1 is 1.33 bits per heavy atom. The van der Waals surface area contributed by atoms with Crippen LogP contribution in [0.4, 0.5) is 4.39 Å². The van der Waals surface area contributed by atoms with Gasteiger partial charge in [0.15, 0.2) is 0 Å². The van der Waals surface area contributed by atoms with Crippen LogP contribution in [-0.4, -0.2) is 37.1 Å². The number of rotatable bonds is 6. The van der Waals surface area contributed by atoms with Crippen LogP contribution in [0.15, 0.2) is 24.3 Å². The largest absolute Gasteiger partial charge is 0.313 e. The van der Waals surface area contributed by atoms with Crippen LogP contribution in [0.2, 0.25) is 0 Å². The van der Waals surface area contributed by atoms with E-state index >= 15 is 0 Å². The van der Waals surface area contributed by atoms with Crippen molar-refractivity contribution in [3.05, 3.63) is 35.6 Å². The first-order valence-electron chi connectivity index (χ1n) is 6.98. The lowest BCUT2D eigenvalue weighted by molar-refractivity contribution is 0.332. The number of nitrogens with one attached hydrogen (secondary N) is 1. The first-order chi connectivity index (χ1) is 8.78. The quantitative estimate of drug-likeness (QED) is 0.834. The summed E-state index contributed by atoms with van der Waals surface area (Å²) in [4.78, 5) is 2.50. The van der Waals surface area contributed by atoms with E-state index in [1.165, 1.54) is 24.9 Å². The van der Waals surface area contributed by atoms with Gasteiger partial charge >= 0.3 is 0 Å². The molecule has 1 atom stereocenters. The van der Waals surface area contributed by atoms with Gasteiger partial charge < -0.3 is 10.2 Å². The molecular formula is C15H23FN2. The lowest BCUT2D eigenvalue weighted by Crippen LogP contribution is -2.33. The van der Waals surface area contributed by atoms with Crippen molar-refractivity contribution in [1.29, 1.82) is 0 Å². The maximum Gasteiger partial charge on any atom is 0.123 e. The first kappa shape index (κ1) is 13.5. The van der Waals surface area contributed by atoms with Crippen LogP contribution < -0.4 is 5.32 Å². The molecule has 0 saturated carbocycles. The summed E-state index contributed by atoms with van der Waals surface area (Å²) in [6.45, 7) is 6.74. The molecule has 1 aromatic rings. The van der Waals surface area contributed by atoms with E-state index in [1.54, 1.807) is 12.1 Å². The van der Waals surface area contributed by atoms with Crippen molar-refractivity contribution in [3.63, 3.8) is 0 Å². The van der Waals surface area contributed by atoms with Crippen LogP contribution in [-0.2, 0) is 6.42 Å². The van der Waals surface area contributed by atoms with Gasteiger partial charge in [-0.3, -0.25) is 0 Å². The minimum atomic E-state index is -0.149. The van der Waals surface area contributed by atoms with E-state index in [0.717, 1.165) is 26.1 Å². The highest BCUT2D eigenvalue weighted by molar-refractivity contribution is 5.16. The number of likely N-dealkylation sites (tertiary alicyclic amines) is 1. The van der Waals surface area contributed by atoms with Crippen molar-refractivity contribution in [2.75, 3.05) is 26.2 Å². The average Bonchev–Trinajstić information content (AvgIpc) is 2.84. The summed E-state index contributed by atoms with van der Waals surface area (Å²) >= 11 is 0. The molecule has 1 N–H and O–H groups in total. The highest BCUT2D eigenvalue weighted by Gasteiger charge is 2.20. The van der Waals surface area contributed by atoms with E-state index in [-0.39, 0.29) is 5.82 Å². The minimum Gasteiger partial charge on any atom is -0.313 e. The zero-order valence-corrected chi connectivity index (χ0v) is 11.2. The summed E-state index contributed by atoms with van der Waals surface area (Å²) in [6.07, 6.45) is 3.47. The van der Waals surface area contributed by atoms with E-state index in [4.69, 9.17) is 0 Å². The summed E-state index contributed by atoms with van der Waals surface area (Å²) in [5.74, 6) is -0.149. The van der Waals surface area contributed by atoms with Crippen molar-refractivity contribution in [2.45, 2.75) is 32.2 Å². The molecule has 3 heteroatoms. The monoisotopic (exact) mass is 250 g/mol. The molecule has 1 aliphatic heterocycles. The molecule has 2 nitrogen and oxygen atoms in total. The summed E-state index contributed by atoms with van der Waals surface area (Å²) < 4.78 is 12.8. The first-order valence-corrected chi connectivity index (χ1v) is 6.98. The second kappa shape index (κ2) is 6.86. The third-order valence-corrected chi connectivity index (χ3v) is 3.59. The molecule has 0 bridgehead atoms. The zero-order valence-electron chi connectivity index (χ0n) is 11.2. The summed E-state index contributed by atoms with van der Waals surface area (Å²) in [6, 6.07) is 7.53. The molecule has 1 unspecified atom stereocenters. The number of hydrogen-bond acceptors (Lipinski definition) is 2. The van der Waals surface area contributed by atoms with Crippen molar-refractivity contribution in [2.24, 2.45) is 0 Å². The smallest absolute Gasteiger partial charge is 0.123 e. The van der Waals surface area contributed by atoms with E-state index in [1.807, 2.05) is 12.1 Å². The summed E-state index contributed by atoms with van der Waals surface area (Å²) in [7, 11) is 0. The van der Waals surface area contributed by atoms with Gasteiger partial charge in [0.05, 0.1) is 0 Å². The van der Waals surface area contributed by atoms with Crippen molar-refractivity contribution in [3.8, 4) is 0 Å². The van der Waals surface area contributed by atoms with Crippen molar-refractivity contribution in [1.82, 2.24) is 10.2 Å². The molecule has 0 radical (unpaired) electrons. The SMILES string of the molecule is CCCNC1CCN(CCc2ccc(F)cc2)C1. The Bertz CT molecular complexity index is 350. The number of benzene rings is 1. The highest BCUT2D eigenvalue weighted by Crippen LogP contribution is 2.11. The fourth-order valence-corrected chi connectivity index (χ4v) is 2.49. The number of nitrogens with zero attached hydrogens (tertiary/aromatic N) is 1. The normalized spacial score (nSPS) is 20.4. The molecule has 0 aliphatic carbocycles. The van der Waals surface area contributed by atoms with E-state index in [0.29, 0.717) is 6.04 Å². The third-order valence-electron chi connectivity index (χ3n) is 3.59. The summed E-state index contributed by atoms with van der Waals surface area (Å²) in [5, 5.41) is 3.58. The Labute approximate surface area is 109 Å². The molecule has 0 aromatic heterocycles. The Hall–Kier alpha value is -0.930. The fraction of sp³-hybridized carbons (Fsp3) is 0.600. The molecule has 18 heavy (non-hydrogen) atoms. The highest BCUT2D eigenvalue weighted by atomic mass is 19.1. The summed E-state index contributed by atoms with van der Waals surface area (Å²) in [5.41, 5.74) is 1.22. The Morgan fingerprint density at radius 3 is 2.83 bits per heavy atom. The van der Waals surface area contributed by atoms with Crippen molar-refractivity contribution >= 4 is 0 Å². The van der Waals surface area contributed by atoms with Crippen LogP contribution in [0.25, 0.3) is 0 Å². The molecule has 1 fully saturated rings. The molecule has 1 saturated heterocycles. The number of halogens is 1. The molecule has 1 aliphatic rings. The van der Waals surface area contributed by atoms with Crippen LogP contribution in [0.3, 0.4) is 0 Å². The van der Waals surface area contributed by atoms with Gasteiger partial charge in [-0.25, -0.2) is 4.39 Å². The van der Waals surface area contributed by atoms with Crippen molar-refractivity contribution < 1.29 is 4.39 Å². The maximum atomic E-state index is 12.8. The number of hydrogen-bond donors (Lipinski definition) is 1. The molecule has 100 valence electrons. The van der Waals surface area contributed by atoms with Crippen LogP contribution in [0, 0.1) is 5.82 Å². The van der Waals surface area contributed by atoms with Gasteiger partial charge in [-0.1, -0.05) is 19.1 Å². The van der Waals surface area contributed by atoms with Gasteiger partial charge in [-0.05, 0) is 50.0 Å². The van der Waals surface area contributed by atoms with Gasteiger partial charge in [0.1, 0.15) is 5.82 Å². The van der Waals surface area contributed by atoms with Gasteiger partial charge in [0.25, 0.3) is 0 Å². The van der Waals surface area contributed by atoms with Gasteiger partial charge in [-0.15, -0.1) is 0 Å². The maximum absolute atomic E-state index is 12.8. The van der Waals surface area contributed by atoms with E-state index in [2.05, 4.69) is 17.1 Å². The Morgan fingerprint density at radius 2 is 2.11 bits per heavy atom. The third kappa shape index (κ3) is 4.07. The predicted octanol–water partition coefficient (Wildman–Crippen LogP) is 2.44. The molecule has 0 spiro atoms. The predicted molar refractivity (Wildman–Crippen MR) is 73.2 cm³/mol. The van der Waals surface area contributed by atoms with E-state index in [9.17, 15) is 4.39 Å². The lowest BCUT2D eigenvalue weighted by atomic mass is 10.1. The van der Waals surface area contributed by atoms with Crippen LogP contribution in [0.5, 0.6) is 0 Å². The molecule has 1 aromatic carbocycles. The van der Waals surface area contributed by atoms with Crippen LogP contribution in [0.1, 0.15) is 25.3 Å². The van der Waals surface area contributed by atoms with Crippen LogP contribution >= 0.6 is 0 Å². The minimum absolute atomic E-state index is 0.149. The Kier molecular flexibility index (Phi) is 5.14. The molecule has 2 rings (SSSR count). The second-order valence-corrected chi connectivity index (χ2v) is 5.12. The van der Waals surface area contributed by atoms with Gasteiger partial charge in [-0.2, -0.15) is 0 Å².